The van der Waals surface area contributed by atoms with Gasteiger partial charge in [-0.1, -0.05) is 53.8 Å². The van der Waals surface area contributed by atoms with E-state index in [0.29, 0.717) is 14.4 Å². The third-order valence-electron chi connectivity index (χ3n) is 3.23. The van der Waals surface area contributed by atoms with Gasteiger partial charge in [0.25, 0.3) is 5.91 Å². The van der Waals surface area contributed by atoms with Crippen molar-refractivity contribution in [1.82, 2.24) is 9.88 Å². The van der Waals surface area contributed by atoms with Gasteiger partial charge in [-0.2, -0.15) is 0 Å². The summed E-state index contributed by atoms with van der Waals surface area (Å²) in [5, 5.41) is 4.91. The van der Waals surface area contributed by atoms with Gasteiger partial charge in [-0.05, 0) is 18.6 Å². The lowest BCUT2D eigenvalue weighted by atomic mass is 10.1. The molecule has 1 aliphatic rings. The number of aromatic nitrogens is 1. The summed E-state index contributed by atoms with van der Waals surface area (Å²) in [6.45, 7) is 1.89. The number of hydrogen-bond donors (Lipinski definition) is 1. The van der Waals surface area contributed by atoms with E-state index < -0.39 is 0 Å². The number of benzene rings is 1. The average Bonchev–Trinajstić information content (AvgIpc) is 3.14. The largest absolute Gasteiger partial charge is 0.300 e. The summed E-state index contributed by atoms with van der Waals surface area (Å²) in [5.41, 5.74) is 2.08. The predicted molar refractivity (Wildman–Crippen MR) is 102 cm³/mol. The lowest BCUT2D eigenvalue weighted by molar-refractivity contribution is -0.126. The van der Waals surface area contributed by atoms with E-state index >= 15 is 0 Å². The van der Waals surface area contributed by atoms with E-state index in [9.17, 15) is 9.59 Å². The number of thiazole rings is 1. The minimum atomic E-state index is -0.321. The fraction of sp³-hybridized carbons (Fsp3) is 0.125. The Hall–Kier alpha value is -2.03. The molecule has 8 heteroatoms. The minimum absolute atomic E-state index is 0.116. The van der Waals surface area contributed by atoms with E-state index in [2.05, 4.69) is 10.3 Å². The maximum Gasteiger partial charge on any atom is 0.266 e. The van der Waals surface area contributed by atoms with Gasteiger partial charge in [-0.25, -0.2) is 4.98 Å². The first kappa shape index (κ1) is 16.8. The lowest BCUT2D eigenvalue weighted by Crippen LogP contribution is -2.36. The number of thiocarbonyl (C=S) groups is 1. The second kappa shape index (κ2) is 7.25. The highest BCUT2D eigenvalue weighted by molar-refractivity contribution is 8.26. The van der Waals surface area contributed by atoms with Gasteiger partial charge in [0.05, 0.1) is 4.91 Å². The van der Waals surface area contributed by atoms with Crippen LogP contribution in [0.15, 0.2) is 40.7 Å². The highest BCUT2D eigenvalue weighted by Gasteiger charge is 2.33. The molecule has 2 amide bonds. The Labute approximate surface area is 152 Å². The van der Waals surface area contributed by atoms with Crippen molar-refractivity contribution < 1.29 is 9.59 Å². The molecule has 0 radical (unpaired) electrons. The van der Waals surface area contributed by atoms with Crippen LogP contribution in [0.25, 0.3) is 6.08 Å². The van der Waals surface area contributed by atoms with Gasteiger partial charge in [0.1, 0.15) is 10.9 Å². The van der Waals surface area contributed by atoms with Crippen molar-refractivity contribution in [3.63, 3.8) is 0 Å². The fourth-order valence-electron chi connectivity index (χ4n) is 2.04. The molecule has 0 spiro atoms. The number of aryl methyl sites for hydroxylation is 1. The number of rotatable bonds is 4. The number of carbonyl (C=O) groups is 2. The molecule has 1 fully saturated rings. The second-order valence-electron chi connectivity index (χ2n) is 5.06. The van der Waals surface area contributed by atoms with Gasteiger partial charge in [-0.3, -0.25) is 14.5 Å². The van der Waals surface area contributed by atoms with E-state index in [1.54, 1.807) is 17.7 Å². The molecule has 0 bridgehead atoms. The molecule has 0 aliphatic carbocycles. The first-order chi connectivity index (χ1) is 11.5. The SMILES string of the molecule is Cc1ccc(/C=C2/SC(=S)N(CC(=O)Nc3nccs3)C2=O)cc1. The van der Waals surface area contributed by atoms with E-state index in [-0.39, 0.29) is 18.4 Å². The average molecular weight is 376 g/mol. The number of carbonyl (C=O) groups excluding carboxylic acids is 2. The maximum atomic E-state index is 12.5. The van der Waals surface area contributed by atoms with Crippen LogP contribution in [-0.4, -0.2) is 32.6 Å². The number of thioether (sulfide) groups is 1. The molecule has 24 heavy (non-hydrogen) atoms. The van der Waals surface area contributed by atoms with Crippen molar-refractivity contribution in [1.29, 1.82) is 0 Å². The van der Waals surface area contributed by atoms with Crippen LogP contribution in [0, 0.1) is 6.92 Å². The maximum absolute atomic E-state index is 12.5. The lowest BCUT2D eigenvalue weighted by Gasteiger charge is -2.13. The molecule has 0 saturated carbocycles. The normalized spacial score (nSPS) is 16.0. The van der Waals surface area contributed by atoms with Gasteiger partial charge in [0, 0.05) is 11.6 Å². The van der Waals surface area contributed by atoms with Crippen molar-refractivity contribution in [2.45, 2.75) is 6.92 Å². The Morgan fingerprint density at radius 2 is 2.12 bits per heavy atom. The minimum Gasteiger partial charge on any atom is -0.300 e. The molecule has 1 saturated heterocycles. The smallest absolute Gasteiger partial charge is 0.266 e. The highest BCUT2D eigenvalue weighted by Crippen LogP contribution is 2.32. The Morgan fingerprint density at radius 1 is 1.38 bits per heavy atom. The number of nitrogens with zero attached hydrogens (tertiary/aromatic N) is 2. The van der Waals surface area contributed by atoms with Crippen LogP contribution in [-0.2, 0) is 9.59 Å². The molecular formula is C16H13N3O2S3. The monoisotopic (exact) mass is 375 g/mol. The number of amides is 2. The number of nitrogens with one attached hydrogen (secondary N) is 1. The molecule has 0 unspecified atom stereocenters. The first-order valence-corrected chi connectivity index (χ1v) is 9.15. The Bertz CT molecular complexity index is 814. The van der Waals surface area contributed by atoms with Crippen molar-refractivity contribution in [3.05, 3.63) is 51.9 Å². The van der Waals surface area contributed by atoms with Crippen LogP contribution in [0.1, 0.15) is 11.1 Å². The summed E-state index contributed by atoms with van der Waals surface area (Å²) in [6, 6.07) is 7.84. The molecule has 2 heterocycles. The zero-order valence-electron chi connectivity index (χ0n) is 12.7. The van der Waals surface area contributed by atoms with Gasteiger partial charge in [0.2, 0.25) is 5.91 Å². The molecule has 1 aromatic carbocycles. The van der Waals surface area contributed by atoms with E-state index in [1.165, 1.54) is 28.0 Å². The Kier molecular flexibility index (Phi) is 5.08. The molecule has 1 N–H and O–H groups in total. The summed E-state index contributed by atoms with van der Waals surface area (Å²) >= 11 is 7.76. The second-order valence-corrected chi connectivity index (χ2v) is 7.63. The summed E-state index contributed by atoms with van der Waals surface area (Å²) < 4.78 is 0.382. The highest BCUT2D eigenvalue weighted by atomic mass is 32.2. The molecule has 122 valence electrons. The van der Waals surface area contributed by atoms with E-state index in [4.69, 9.17) is 12.2 Å². The molecule has 5 nitrogen and oxygen atoms in total. The zero-order valence-corrected chi connectivity index (χ0v) is 15.1. The fourth-order valence-corrected chi connectivity index (χ4v) is 3.84. The standard InChI is InChI=1S/C16H13N3O2S3/c1-10-2-4-11(5-3-10)8-12-14(21)19(16(22)24-12)9-13(20)18-15-17-6-7-23-15/h2-8H,9H2,1H3,(H,17,18,20)/b12-8+. The van der Waals surface area contributed by atoms with Gasteiger partial charge >= 0.3 is 0 Å². The molecule has 1 aliphatic heterocycles. The summed E-state index contributed by atoms with van der Waals surface area (Å²) in [7, 11) is 0. The summed E-state index contributed by atoms with van der Waals surface area (Å²) in [5.74, 6) is -0.572. The summed E-state index contributed by atoms with van der Waals surface area (Å²) in [6.07, 6.45) is 3.39. The van der Waals surface area contributed by atoms with Crippen molar-refractivity contribution in [2.24, 2.45) is 0 Å². The number of anilines is 1. The van der Waals surface area contributed by atoms with Crippen LogP contribution in [0.5, 0.6) is 0 Å². The van der Waals surface area contributed by atoms with Crippen LogP contribution in [0.3, 0.4) is 0 Å². The summed E-state index contributed by atoms with van der Waals surface area (Å²) in [4.78, 5) is 30.3. The van der Waals surface area contributed by atoms with Crippen LogP contribution >= 0.6 is 35.3 Å². The third kappa shape index (κ3) is 3.89. The van der Waals surface area contributed by atoms with Crippen molar-refractivity contribution >= 4 is 62.7 Å². The molecule has 2 aromatic rings. The van der Waals surface area contributed by atoms with Crippen molar-refractivity contribution in [2.75, 3.05) is 11.9 Å². The zero-order chi connectivity index (χ0) is 17.1. The Morgan fingerprint density at radius 3 is 2.79 bits per heavy atom. The number of hydrogen-bond acceptors (Lipinski definition) is 6. The van der Waals surface area contributed by atoms with E-state index in [1.807, 2.05) is 31.2 Å². The first-order valence-electron chi connectivity index (χ1n) is 7.04. The van der Waals surface area contributed by atoms with E-state index in [0.717, 1.165) is 11.1 Å². The molecule has 1 aromatic heterocycles. The topological polar surface area (TPSA) is 62.3 Å². The van der Waals surface area contributed by atoms with Crippen LogP contribution in [0.2, 0.25) is 0 Å². The van der Waals surface area contributed by atoms with Crippen LogP contribution < -0.4 is 5.32 Å². The van der Waals surface area contributed by atoms with Crippen molar-refractivity contribution in [3.8, 4) is 0 Å². The molecular weight excluding hydrogens is 362 g/mol. The third-order valence-corrected chi connectivity index (χ3v) is 5.30. The van der Waals surface area contributed by atoms with Crippen LogP contribution in [0.4, 0.5) is 5.13 Å². The van der Waals surface area contributed by atoms with Gasteiger partial charge < -0.3 is 5.32 Å². The van der Waals surface area contributed by atoms with Gasteiger partial charge in [-0.15, -0.1) is 11.3 Å². The predicted octanol–water partition coefficient (Wildman–Crippen LogP) is 3.29. The molecule has 3 rings (SSSR count). The quantitative estimate of drug-likeness (QED) is 0.656. The molecule has 0 atom stereocenters. The van der Waals surface area contributed by atoms with Gasteiger partial charge in [0.15, 0.2) is 5.13 Å². The Balaban J connectivity index is 1.69.